The number of hydrogen-bond acceptors (Lipinski definition) is 2. The molecule has 124 valence electrons. The third kappa shape index (κ3) is 4.42. The summed E-state index contributed by atoms with van der Waals surface area (Å²) in [6.07, 6.45) is 6.01. The molecule has 0 atom stereocenters. The Bertz CT molecular complexity index is 691. The van der Waals surface area contributed by atoms with E-state index in [9.17, 15) is 4.79 Å². The van der Waals surface area contributed by atoms with Crippen molar-refractivity contribution < 1.29 is 4.79 Å². The molecular formula is C20H22N2OS. The Morgan fingerprint density at radius 2 is 1.50 bits per heavy atom. The number of benzene rings is 2. The van der Waals surface area contributed by atoms with Gasteiger partial charge in [0, 0.05) is 11.6 Å². The molecular weight excluding hydrogens is 316 g/mol. The number of carbonyl (C=O) groups excluding carboxylic acids is 1. The second-order valence-corrected chi connectivity index (χ2v) is 6.61. The molecule has 2 aromatic carbocycles. The fraction of sp³-hybridized carbons (Fsp3) is 0.300. The second-order valence-electron chi connectivity index (χ2n) is 6.21. The van der Waals surface area contributed by atoms with Gasteiger partial charge in [0.1, 0.15) is 0 Å². The monoisotopic (exact) mass is 338 g/mol. The molecule has 0 aromatic heterocycles. The number of amides is 1. The summed E-state index contributed by atoms with van der Waals surface area (Å²) in [5.41, 5.74) is 2.84. The minimum absolute atomic E-state index is 0.164. The van der Waals surface area contributed by atoms with Gasteiger partial charge in [-0.15, -0.1) is 0 Å². The number of thiocarbonyl (C=S) groups is 1. The van der Waals surface area contributed by atoms with Crippen molar-refractivity contribution in [3.63, 3.8) is 0 Å². The zero-order valence-electron chi connectivity index (χ0n) is 13.6. The summed E-state index contributed by atoms with van der Waals surface area (Å²) >= 11 is 5.27. The summed E-state index contributed by atoms with van der Waals surface area (Å²) in [5, 5.41) is 6.47. The fourth-order valence-corrected chi connectivity index (χ4v) is 3.35. The average molecular weight is 338 g/mol. The second kappa shape index (κ2) is 8.06. The molecule has 0 spiro atoms. The predicted molar refractivity (Wildman–Crippen MR) is 102 cm³/mol. The van der Waals surface area contributed by atoms with Crippen molar-refractivity contribution in [1.82, 2.24) is 10.6 Å². The van der Waals surface area contributed by atoms with Crippen molar-refractivity contribution in [3.05, 3.63) is 60.2 Å². The molecule has 0 aliphatic heterocycles. The fourth-order valence-electron chi connectivity index (χ4n) is 3.09. The van der Waals surface area contributed by atoms with Crippen molar-refractivity contribution in [2.75, 3.05) is 0 Å². The lowest BCUT2D eigenvalue weighted by Crippen LogP contribution is -2.44. The standard InChI is InChI=1S/C20H22N2OS/c23-19(22-20(24)21-18-9-5-2-6-10-18)17-13-11-16(12-14-17)15-7-3-1-4-8-15/h1,3-4,7-8,11-14,18H,2,5-6,9-10H2,(H2,21,22,23,24). The third-order valence-electron chi connectivity index (χ3n) is 4.42. The molecule has 1 amide bonds. The van der Waals surface area contributed by atoms with Crippen LogP contribution >= 0.6 is 12.2 Å². The van der Waals surface area contributed by atoms with Crippen LogP contribution < -0.4 is 10.6 Å². The lowest BCUT2D eigenvalue weighted by molar-refractivity contribution is 0.0976. The van der Waals surface area contributed by atoms with E-state index in [0.717, 1.165) is 24.0 Å². The van der Waals surface area contributed by atoms with Crippen molar-refractivity contribution in [3.8, 4) is 11.1 Å². The Morgan fingerprint density at radius 3 is 2.17 bits per heavy atom. The van der Waals surface area contributed by atoms with E-state index >= 15 is 0 Å². The Morgan fingerprint density at radius 1 is 0.875 bits per heavy atom. The first-order valence-electron chi connectivity index (χ1n) is 8.50. The van der Waals surface area contributed by atoms with Gasteiger partial charge in [-0.25, -0.2) is 0 Å². The van der Waals surface area contributed by atoms with Crippen LogP contribution in [-0.4, -0.2) is 17.1 Å². The van der Waals surface area contributed by atoms with Crippen LogP contribution in [0.5, 0.6) is 0 Å². The quantitative estimate of drug-likeness (QED) is 0.820. The molecule has 2 N–H and O–H groups in total. The Labute approximate surface area is 148 Å². The first kappa shape index (κ1) is 16.7. The first-order valence-corrected chi connectivity index (χ1v) is 8.90. The van der Waals surface area contributed by atoms with Crippen molar-refractivity contribution >= 4 is 23.2 Å². The normalized spacial score (nSPS) is 14.8. The van der Waals surface area contributed by atoms with Crippen LogP contribution in [0, 0.1) is 0 Å². The van der Waals surface area contributed by atoms with Crippen LogP contribution in [0.2, 0.25) is 0 Å². The summed E-state index contributed by atoms with van der Waals surface area (Å²) in [5.74, 6) is -0.164. The van der Waals surface area contributed by atoms with E-state index in [1.165, 1.54) is 19.3 Å². The molecule has 0 unspecified atom stereocenters. The SMILES string of the molecule is O=C(NC(=S)NC1CCCCC1)c1ccc(-c2ccccc2)cc1. The highest BCUT2D eigenvalue weighted by Crippen LogP contribution is 2.19. The highest BCUT2D eigenvalue weighted by molar-refractivity contribution is 7.80. The zero-order valence-corrected chi connectivity index (χ0v) is 14.4. The van der Waals surface area contributed by atoms with Gasteiger partial charge in [-0.05, 0) is 48.3 Å². The maximum absolute atomic E-state index is 12.3. The molecule has 1 fully saturated rings. The van der Waals surface area contributed by atoms with Crippen molar-refractivity contribution in [2.45, 2.75) is 38.1 Å². The van der Waals surface area contributed by atoms with Gasteiger partial charge < -0.3 is 5.32 Å². The summed E-state index contributed by atoms with van der Waals surface area (Å²) < 4.78 is 0. The Balaban J connectivity index is 1.57. The van der Waals surface area contributed by atoms with Crippen LogP contribution in [0.1, 0.15) is 42.5 Å². The van der Waals surface area contributed by atoms with Gasteiger partial charge in [-0.3, -0.25) is 10.1 Å². The topological polar surface area (TPSA) is 41.1 Å². The number of hydrogen-bond donors (Lipinski definition) is 2. The number of nitrogens with one attached hydrogen (secondary N) is 2. The minimum Gasteiger partial charge on any atom is -0.360 e. The van der Waals surface area contributed by atoms with Gasteiger partial charge in [-0.2, -0.15) is 0 Å². The van der Waals surface area contributed by atoms with E-state index in [1.54, 1.807) is 0 Å². The van der Waals surface area contributed by atoms with Gasteiger partial charge in [0.15, 0.2) is 5.11 Å². The molecule has 0 saturated heterocycles. The first-order chi connectivity index (χ1) is 11.7. The lowest BCUT2D eigenvalue weighted by Gasteiger charge is -2.24. The predicted octanol–water partition coefficient (Wildman–Crippen LogP) is 4.29. The molecule has 2 aromatic rings. The van der Waals surface area contributed by atoms with Crippen molar-refractivity contribution in [2.24, 2.45) is 0 Å². The van der Waals surface area contributed by atoms with Gasteiger partial charge in [0.25, 0.3) is 5.91 Å². The lowest BCUT2D eigenvalue weighted by atomic mass is 9.96. The molecule has 0 heterocycles. The van der Waals surface area contributed by atoms with Crippen LogP contribution in [0.25, 0.3) is 11.1 Å². The van der Waals surface area contributed by atoms with E-state index in [0.29, 0.717) is 16.7 Å². The van der Waals surface area contributed by atoms with Crippen molar-refractivity contribution in [1.29, 1.82) is 0 Å². The minimum atomic E-state index is -0.164. The molecule has 0 bridgehead atoms. The third-order valence-corrected chi connectivity index (χ3v) is 4.64. The summed E-state index contributed by atoms with van der Waals surface area (Å²) in [4.78, 5) is 12.3. The smallest absolute Gasteiger partial charge is 0.257 e. The zero-order chi connectivity index (χ0) is 16.8. The largest absolute Gasteiger partial charge is 0.360 e. The van der Waals surface area contributed by atoms with Gasteiger partial charge >= 0.3 is 0 Å². The van der Waals surface area contributed by atoms with Crippen LogP contribution in [0.3, 0.4) is 0 Å². The van der Waals surface area contributed by atoms with Crippen LogP contribution in [-0.2, 0) is 0 Å². The number of rotatable bonds is 3. The molecule has 1 saturated carbocycles. The van der Waals surface area contributed by atoms with Gasteiger partial charge in [0.05, 0.1) is 0 Å². The van der Waals surface area contributed by atoms with Crippen LogP contribution in [0.15, 0.2) is 54.6 Å². The van der Waals surface area contributed by atoms with E-state index in [2.05, 4.69) is 22.8 Å². The molecule has 3 rings (SSSR count). The van der Waals surface area contributed by atoms with Gasteiger partial charge in [0.2, 0.25) is 0 Å². The molecule has 4 heteroatoms. The number of carbonyl (C=O) groups is 1. The van der Waals surface area contributed by atoms with E-state index in [1.807, 2.05) is 42.5 Å². The van der Waals surface area contributed by atoms with Gasteiger partial charge in [-0.1, -0.05) is 61.7 Å². The maximum Gasteiger partial charge on any atom is 0.257 e. The molecule has 1 aliphatic carbocycles. The highest BCUT2D eigenvalue weighted by Gasteiger charge is 2.15. The Kier molecular flexibility index (Phi) is 5.59. The molecule has 24 heavy (non-hydrogen) atoms. The Hall–Kier alpha value is -2.20. The van der Waals surface area contributed by atoms with E-state index in [4.69, 9.17) is 12.2 Å². The summed E-state index contributed by atoms with van der Waals surface area (Å²) in [6.45, 7) is 0. The molecule has 0 radical (unpaired) electrons. The summed E-state index contributed by atoms with van der Waals surface area (Å²) in [7, 11) is 0. The highest BCUT2D eigenvalue weighted by atomic mass is 32.1. The van der Waals surface area contributed by atoms with E-state index in [-0.39, 0.29) is 5.91 Å². The van der Waals surface area contributed by atoms with E-state index < -0.39 is 0 Å². The van der Waals surface area contributed by atoms with Crippen LogP contribution in [0.4, 0.5) is 0 Å². The maximum atomic E-state index is 12.3. The molecule has 1 aliphatic rings. The average Bonchev–Trinajstić information content (AvgIpc) is 2.63. The molecule has 3 nitrogen and oxygen atoms in total. The summed E-state index contributed by atoms with van der Waals surface area (Å²) in [6, 6.07) is 18.1.